The molecule has 0 saturated heterocycles. The first kappa shape index (κ1) is 22.7. The van der Waals surface area contributed by atoms with Crippen LogP contribution in [-0.4, -0.2) is 23.2 Å². The van der Waals surface area contributed by atoms with Crippen LogP contribution in [0.15, 0.2) is 85.4 Å². The normalized spacial score (nSPS) is 11.8. The number of carbonyl (C=O) groups is 1. The molecule has 0 saturated carbocycles. The van der Waals surface area contributed by atoms with E-state index < -0.39 is 6.10 Å². The lowest BCUT2D eigenvalue weighted by Crippen LogP contribution is -2.07. The zero-order chi connectivity index (χ0) is 23.4. The van der Waals surface area contributed by atoms with Gasteiger partial charge in [0.05, 0.1) is 30.0 Å². The Morgan fingerprint density at radius 1 is 1.06 bits per heavy atom. The van der Waals surface area contributed by atoms with Gasteiger partial charge in [-0.2, -0.15) is 0 Å². The van der Waals surface area contributed by atoms with Crippen molar-refractivity contribution in [1.82, 2.24) is 4.98 Å². The molecule has 0 radical (unpaired) electrons. The molecule has 1 N–H and O–H groups in total. The first-order valence-electron chi connectivity index (χ1n) is 10.7. The average molecular weight is 458 g/mol. The number of aliphatic hydroxyl groups is 1. The number of ether oxygens (including phenoxy) is 1. The number of hydrogen-bond donors (Lipinski definition) is 1. The summed E-state index contributed by atoms with van der Waals surface area (Å²) in [4.78, 5) is 16.7. The molecule has 1 aromatic heterocycles. The Labute approximate surface area is 198 Å². The Hall–Kier alpha value is -3.47. The number of esters is 1. The lowest BCUT2D eigenvalue weighted by molar-refractivity contribution is 0.0599. The van der Waals surface area contributed by atoms with Gasteiger partial charge in [-0.1, -0.05) is 66.7 Å². The predicted molar refractivity (Wildman–Crippen MR) is 132 cm³/mol. The van der Waals surface area contributed by atoms with E-state index in [0.29, 0.717) is 23.4 Å². The maximum atomic E-state index is 12.0. The monoisotopic (exact) mass is 457 g/mol. The Balaban J connectivity index is 1.52. The van der Waals surface area contributed by atoms with Crippen molar-refractivity contribution in [3.05, 3.63) is 118 Å². The molecule has 0 spiro atoms. The largest absolute Gasteiger partial charge is 0.465 e. The van der Waals surface area contributed by atoms with Gasteiger partial charge < -0.3 is 9.84 Å². The highest BCUT2D eigenvalue weighted by Gasteiger charge is 2.15. The number of hydrogen-bond acceptors (Lipinski definition) is 4. The van der Waals surface area contributed by atoms with Gasteiger partial charge >= 0.3 is 5.97 Å². The van der Waals surface area contributed by atoms with Crippen molar-refractivity contribution in [2.24, 2.45) is 0 Å². The Morgan fingerprint density at radius 2 is 1.85 bits per heavy atom. The van der Waals surface area contributed by atoms with Crippen LogP contribution in [0.3, 0.4) is 0 Å². The molecular weight excluding hydrogens is 434 g/mol. The van der Waals surface area contributed by atoms with Crippen LogP contribution in [0.2, 0.25) is 5.02 Å². The second kappa shape index (κ2) is 9.99. The summed E-state index contributed by atoms with van der Waals surface area (Å²) >= 11 is 6.12. The fraction of sp³-hybridized carbons (Fsp3) is 0.143. The Morgan fingerprint density at radius 3 is 2.67 bits per heavy atom. The first-order valence-corrected chi connectivity index (χ1v) is 11.0. The van der Waals surface area contributed by atoms with Crippen LogP contribution in [-0.2, 0) is 11.2 Å². The van der Waals surface area contributed by atoms with Crippen molar-refractivity contribution in [3.63, 3.8) is 0 Å². The van der Waals surface area contributed by atoms with Gasteiger partial charge in [0.15, 0.2) is 0 Å². The molecule has 0 fully saturated rings. The fourth-order valence-electron chi connectivity index (χ4n) is 3.85. The van der Waals surface area contributed by atoms with Gasteiger partial charge in [0.2, 0.25) is 0 Å². The van der Waals surface area contributed by atoms with Crippen LogP contribution < -0.4 is 0 Å². The van der Waals surface area contributed by atoms with E-state index in [2.05, 4.69) is 6.58 Å². The number of pyridine rings is 1. The van der Waals surface area contributed by atoms with Gasteiger partial charge in [0.25, 0.3) is 0 Å². The van der Waals surface area contributed by atoms with E-state index in [0.717, 1.165) is 38.9 Å². The van der Waals surface area contributed by atoms with Crippen LogP contribution in [0, 0.1) is 0 Å². The van der Waals surface area contributed by atoms with Gasteiger partial charge in [0, 0.05) is 16.0 Å². The Bertz CT molecular complexity index is 1330. The molecule has 0 bridgehead atoms. The van der Waals surface area contributed by atoms with Crippen LogP contribution in [0.5, 0.6) is 0 Å². The number of carbonyl (C=O) groups excluding carboxylic acids is 1. The minimum Gasteiger partial charge on any atom is -0.465 e. The molecule has 5 heteroatoms. The topological polar surface area (TPSA) is 59.4 Å². The Kier molecular flexibility index (Phi) is 6.87. The minimum absolute atomic E-state index is 0.373. The molecule has 1 atom stereocenters. The summed E-state index contributed by atoms with van der Waals surface area (Å²) in [6.45, 7) is 4.23. The standard InChI is InChI=1S/C28H24ClNO3/c1-18(25-14-11-20-10-13-23(29)17-26(20)30-25)21-7-5-8-22(16-21)27(31)15-12-19-6-3-4-9-24(19)28(32)33-2/h3-11,13-14,16-17,27,31H,1,12,15H2,2H3. The summed E-state index contributed by atoms with van der Waals surface area (Å²) in [5.74, 6) is -0.373. The number of rotatable bonds is 7. The van der Waals surface area contributed by atoms with Crippen molar-refractivity contribution in [1.29, 1.82) is 0 Å². The summed E-state index contributed by atoms with van der Waals surface area (Å²) in [5.41, 5.74) is 5.37. The van der Waals surface area contributed by atoms with Gasteiger partial charge in [-0.05, 0) is 59.9 Å². The van der Waals surface area contributed by atoms with Crippen molar-refractivity contribution in [3.8, 4) is 0 Å². The molecule has 4 aromatic rings. The molecule has 33 heavy (non-hydrogen) atoms. The molecule has 4 rings (SSSR count). The molecule has 166 valence electrons. The number of nitrogens with zero attached hydrogens (tertiary/aromatic N) is 1. The van der Waals surface area contributed by atoms with Crippen LogP contribution in [0.1, 0.15) is 45.3 Å². The number of aryl methyl sites for hydroxylation is 1. The van der Waals surface area contributed by atoms with E-state index >= 15 is 0 Å². The van der Waals surface area contributed by atoms with E-state index in [1.54, 1.807) is 12.1 Å². The quantitative estimate of drug-likeness (QED) is 0.326. The van der Waals surface area contributed by atoms with Crippen LogP contribution in [0.4, 0.5) is 0 Å². The van der Waals surface area contributed by atoms with E-state index in [4.69, 9.17) is 21.3 Å². The highest BCUT2D eigenvalue weighted by atomic mass is 35.5. The van der Waals surface area contributed by atoms with E-state index in [1.807, 2.05) is 66.7 Å². The molecule has 1 unspecified atom stereocenters. The van der Waals surface area contributed by atoms with Crippen LogP contribution in [0.25, 0.3) is 16.5 Å². The summed E-state index contributed by atoms with van der Waals surface area (Å²) in [6.07, 6.45) is 0.327. The number of benzene rings is 3. The van der Waals surface area contributed by atoms with E-state index in [9.17, 15) is 9.90 Å². The van der Waals surface area contributed by atoms with E-state index in [-0.39, 0.29) is 5.97 Å². The number of aromatic nitrogens is 1. The minimum atomic E-state index is -0.688. The summed E-state index contributed by atoms with van der Waals surface area (Å²) in [7, 11) is 1.37. The fourth-order valence-corrected chi connectivity index (χ4v) is 4.01. The SMILES string of the molecule is C=C(c1cccc(C(O)CCc2ccccc2C(=O)OC)c1)c1ccc2ccc(Cl)cc2n1. The highest BCUT2D eigenvalue weighted by molar-refractivity contribution is 6.31. The first-order chi connectivity index (χ1) is 16.0. The summed E-state index contributed by atoms with van der Waals surface area (Å²) in [6, 6.07) is 24.5. The third-order valence-corrected chi connectivity index (χ3v) is 5.93. The van der Waals surface area contributed by atoms with Crippen molar-refractivity contribution in [2.75, 3.05) is 7.11 Å². The van der Waals surface area contributed by atoms with Gasteiger partial charge in [-0.25, -0.2) is 9.78 Å². The summed E-state index contributed by atoms with van der Waals surface area (Å²) in [5, 5.41) is 12.5. The maximum absolute atomic E-state index is 12.0. The maximum Gasteiger partial charge on any atom is 0.338 e. The average Bonchev–Trinajstić information content (AvgIpc) is 2.86. The predicted octanol–water partition coefficient (Wildman–Crippen LogP) is 6.40. The zero-order valence-electron chi connectivity index (χ0n) is 18.3. The van der Waals surface area contributed by atoms with E-state index in [1.165, 1.54) is 7.11 Å². The molecule has 3 aromatic carbocycles. The van der Waals surface area contributed by atoms with Crippen LogP contribution >= 0.6 is 11.6 Å². The van der Waals surface area contributed by atoms with Gasteiger partial charge in [-0.3, -0.25) is 0 Å². The van der Waals surface area contributed by atoms with Gasteiger partial charge in [0.1, 0.15) is 0 Å². The number of aliphatic hydroxyl groups excluding tert-OH is 1. The molecule has 0 aliphatic carbocycles. The molecule has 0 amide bonds. The zero-order valence-corrected chi connectivity index (χ0v) is 19.0. The second-order valence-corrected chi connectivity index (χ2v) is 8.28. The number of fused-ring (bicyclic) bond motifs is 1. The molecular formula is C28H24ClNO3. The summed E-state index contributed by atoms with van der Waals surface area (Å²) < 4.78 is 4.86. The lowest BCUT2D eigenvalue weighted by atomic mass is 9.95. The van der Waals surface area contributed by atoms with Crippen molar-refractivity contribution >= 4 is 34.0 Å². The molecule has 4 nitrogen and oxygen atoms in total. The van der Waals surface area contributed by atoms with Gasteiger partial charge in [-0.15, -0.1) is 0 Å². The highest BCUT2D eigenvalue weighted by Crippen LogP contribution is 2.27. The molecule has 0 aliphatic rings. The van der Waals surface area contributed by atoms with Crippen molar-refractivity contribution < 1.29 is 14.6 Å². The molecule has 0 aliphatic heterocycles. The van der Waals surface area contributed by atoms with Crippen molar-refractivity contribution in [2.45, 2.75) is 18.9 Å². The third-order valence-electron chi connectivity index (χ3n) is 5.69. The third kappa shape index (κ3) is 5.14. The molecule has 1 heterocycles. The lowest BCUT2D eigenvalue weighted by Gasteiger charge is -2.15. The number of methoxy groups -OCH3 is 1. The number of halogens is 1. The second-order valence-electron chi connectivity index (χ2n) is 7.84. The smallest absolute Gasteiger partial charge is 0.338 e.